The van der Waals surface area contributed by atoms with Crippen molar-refractivity contribution in [1.29, 1.82) is 0 Å². The van der Waals surface area contributed by atoms with Crippen LogP contribution in [0.15, 0.2) is 66.7 Å². The number of nitrogens with zero attached hydrogens (tertiary/aromatic N) is 1. The molecule has 0 radical (unpaired) electrons. The Morgan fingerprint density at radius 2 is 1.66 bits per heavy atom. The lowest BCUT2D eigenvalue weighted by atomic mass is 10.1. The largest absolute Gasteiger partial charge is 0.378 e. The van der Waals surface area contributed by atoms with Crippen molar-refractivity contribution in [2.24, 2.45) is 0 Å². The zero-order chi connectivity index (χ0) is 24.6. The highest BCUT2D eigenvalue weighted by atomic mass is 19.1. The number of hydrogen-bond donors (Lipinski definition) is 3. The minimum atomic E-state index is -0.490. The van der Waals surface area contributed by atoms with Gasteiger partial charge in [-0.05, 0) is 86.5 Å². The van der Waals surface area contributed by atoms with E-state index in [0.717, 1.165) is 38.2 Å². The van der Waals surface area contributed by atoms with Gasteiger partial charge in [0.15, 0.2) is 0 Å². The predicted octanol–water partition coefficient (Wildman–Crippen LogP) is 5.40. The van der Waals surface area contributed by atoms with E-state index in [1.165, 1.54) is 6.07 Å². The van der Waals surface area contributed by atoms with Crippen molar-refractivity contribution >= 4 is 40.8 Å². The second-order valence-corrected chi connectivity index (χ2v) is 8.30. The normalized spacial score (nSPS) is 13.8. The summed E-state index contributed by atoms with van der Waals surface area (Å²) in [6.45, 7) is 4.67. The average Bonchev–Trinajstić information content (AvgIpc) is 2.88. The van der Waals surface area contributed by atoms with Gasteiger partial charge in [-0.25, -0.2) is 4.39 Å². The number of nitrogens with one attached hydrogen (secondary N) is 3. The lowest BCUT2D eigenvalue weighted by Gasteiger charge is -2.33. The molecular formula is C27H29FN4O3. The molecule has 0 atom stereocenters. The van der Waals surface area contributed by atoms with E-state index in [2.05, 4.69) is 20.9 Å². The molecule has 3 N–H and O–H groups in total. The topological polar surface area (TPSA) is 82.7 Å². The molecule has 1 fully saturated rings. The standard InChI is InChI=1S/C27H29FN4O3/c1-2-35-24-13-15-32(16-14-24)23-10-3-19(4-11-23)27(34)31-21-7-5-20(6-8-21)30-26-12-9-22(29-18-33)17-25(26)28/h3-12,17-18,24,30H,2,13-16H2,1H3,(H,29,33)(H,31,34). The smallest absolute Gasteiger partial charge is 0.255 e. The number of amides is 2. The van der Waals surface area contributed by atoms with E-state index in [0.29, 0.717) is 35.1 Å². The Balaban J connectivity index is 1.32. The fourth-order valence-corrected chi connectivity index (χ4v) is 4.11. The summed E-state index contributed by atoms with van der Waals surface area (Å²) in [5, 5.41) is 8.28. The third-order valence-electron chi connectivity index (χ3n) is 5.96. The monoisotopic (exact) mass is 476 g/mol. The van der Waals surface area contributed by atoms with Crippen LogP contribution >= 0.6 is 0 Å². The van der Waals surface area contributed by atoms with Gasteiger partial charge in [0.1, 0.15) is 5.82 Å². The molecule has 0 aromatic heterocycles. The Morgan fingerprint density at radius 3 is 2.29 bits per heavy atom. The van der Waals surface area contributed by atoms with Gasteiger partial charge in [0.2, 0.25) is 6.41 Å². The second kappa shape index (κ2) is 11.5. The number of hydrogen-bond acceptors (Lipinski definition) is 5. The van der Waals surface area contributed by atoms with Crippen LogP contribution in [0.3, 0.4) is 0 Å². The van der Waals surface area contributed by atoms with Crippen molar-refractivity contribution < 1.29 is 18.7 Å². The Kier molecular flexibility index (Phi) is 7.95. The molecule has 3 aromatic carbocycles. The zero-order valence-corrected chi connectivity index (χ0v) is 19.6. The maximum atomic E-state index is 14.2. The van der Waals surface area contributed by atoms with Gasteiger partial charge >= 0.3 is 0 Å². The summed E-state index contributed by atoms with van der Waals surface area (Å²) >= 11 is 0. The summed E-state index contributed by atoms with van der Waals surface area (Å²) in [5.41, 5.74) is 3.63. The maximum absolute atomic E-state index is 14.2. The SMILES string of the molecule is CCOC1CCN(c2ccc(C(=O)Nc3ccc(Nc4ccc(NC=O)cc4F)cc3)cc2)CC1. The highest BCUT2D eigenvalue weighted by molar-refractivity contribution is 6.04. The van der Waals surface area contributed by atoms with Crippen LogP contribution in [0.4, 0.5) is 32.8 Å². The minimum Gasteiger partial charge on any atom is -0.378 e. The first kappa shape index (κ1) is 24.2. The van der Waals surface area contributed by atoms with E-state index >= 15 is 0 Å². The van der Waals surface area contributed by atoms with Gasteiger partial charge in [0.25, 0.3) is 5.91 Å². The number of halogens is 1. The summed E-state index contributed by atoms with van der Waals surface area (Å²) < 4.78 is 19.9. The molecule has 0 saturated carbocycles. The highest BCUT2D eigenvalue weighted by Crippen LogP contribution is 2.25. The van der Waals surface area contributed by atoms with Crippen LogP contribution in [0, 0.1) is 5.82 Å². The van der Waals surface area contributed by atoms with E-state index < -0.39 is 5.82 Å². The van der Waals surface area contributed by atoms with E-state index in [1.54, 1.807) is 36.4 Å². The van der Waals surface area contributed by atoms with Gasteiger partial charge in [-0.3, -0.25) is 9.59 Å². The molecule has 0 bridgehead atoms. The van der Waals surface area contributed by atoms with Crippen LogP contribution in [0.1, 0.15) is 30.1 Å². The van der Waals surface area contributed by atoms with E-state index in [1.807, 2.05) is 31.2 Å². The summed E-state index contributed by atoms with van der Waals surface area (Å²) in [6.07, 6.45) is 2.86. The zero-order valence-electron chi connectivity index (χ0n) is 19.6. The Hall–Kier alpha value is -3.91. The molecule has 4 rings (SSSR count). The number of benzene rings is 3. The van der Waals surface area contributed by atoms with E-state index in [4.69, 9.17) is 4.74 Å². The molecule has 1 aliphatic heterocycles. The summed E-state index contributed by atoms with van der Waals surface area (Å²) in [5.74, 6) is -0.687. The van der Waals surface area contributed by atoms with Crippen molar-refractivity contribution in [3.63, 3.8) is 0 Å². The van der Waals surface area contributed by atoms with Crippen LogP contribution in [0.25, 0.3) is 0 Å². The molecule has 2 amide bonds. The fourth-order valence-electron chi connectivity index (χ4n) is 4.11. The Bertz CT molecular complexity index is 1140. The number of rotatable bonds is 9. The van der Waals surface area contributed by atoms with E-state index in [-0.39, 0.29) is 11.6 Å². The van der Waals surface area contributed by atoms with E-state index in [9.17, 15) is 14.0 Å². The predicted molar refractivity (Wildman–Crippen MR) is 137 cm³/mol. The molecule has 7 nitrogen and oxygen atoms in total. The van der Waals surface area contributed by atoms with Crippen molar-refractivity contribution in [2.45, 2.75) is 25.9 Å². The highest BCUT2D eigenvalue weighted by Gasteiger charge is 2.19. The van der Waals surface area contributed by atoms with Crippen molar-refractivity contribution in [3.05, 3.63) is 78.1 Å². The summed E-state index contributed by atoms with van der Waals surface area (Å²) in [6, 6.07) is 19.0. The number of carbonyl (C=O) groups is 2. The van der Waals surface area contributed by atoms with Crippen LogP contribution in [-0.4, -0.2) is 38.1 Å². The number of piperidine rings is 1. The number of ether oxygens (including phenoxy) is 1. The fraction of sp³-hybridized carbons (Fsp3) is 0.259. The number of anilines is 5. The Morgan fingerprint density at radius 1 is 1.00 bits per heavy atom. The molecule has 3 aromatic rings. The third kappa shape index (κ3) is 6.36. The third-order valence-corrected chi connectivity index (χ3v) is 5.96. The summed E-state index contributed by atoms with van der Waals surface area (Å²) in [4.78, 5) is 25.5. The number of carbonyl (C=O) groups excluding carboxylic acids is 2. The molecular weight excluding hydrogens is 447 g/mol. The molecule has 182 valence electrons. The van der Waals surface area contributed by atoms with Crippen LogP contribution in [0.5, 0.6) is 0 Å². The average molecular weight is 477 g/mol. The lowest BCUT2D eigenvalue weighted by Crippen LogP contribution is -2.37. The van der Waals surface area contributed by atoms with Gasteiger partial charge in [-0.1, -0.05) is 0 Å². The molecule has 0 unspecified atom stereocenters. The first-order chi connectivity index (χ1) is 17.1. The van der Waals surface area contributed by atoms with Gasteiger partial charge in [0.05, 0.1) is 11.8 Å². The maximum Gasteiger partial charge on any atom is 0.255 e. The minimum absolute atomic E-state index is 0.198. The summed E-state index contributed by atoms with van der Waals surface area (Å²) in [7, 11) is 0. The van der Waals surface area contributed by atoms with Crippen molar-refractivity contribution in [3.8, 4) is 0 Å². The van der Waals surface area contributed by atoms with Gasteiger partial charge in [-0.15, -0.1) is 0 Å². The lowest BCUT2D eigenvalue weighted by molar-refractivity contribution is -0.105. The van der Waals surface area contributed by atoms with Crippen molar-refractivity contribution in [2.75, 3.05) is 40.5 Å². The molecule has 1 saturated heterocycles. The van der Waals surface area contributed by atoms with Crippen LogP contribution in [0.2, 0.25) is 0 Å². The van der Waals surface area contributed by atoms with Crippen LogP contribution in [-0.2, 0) is 9.53 Å². The van der Waals surface area contributed by atoms with Crippen molar-refractivity contribution in [1.82, 2.24) is 0 Å². The van der Waals surface area contributed by atoms with Gasteiger partial charge < -0.3 is 25.6 Å². The molecule has 1 aliphatic rings. The Labute approximate surface area is 204 Å². The molecule has 35 heavy (non-hydrogen) atoms. The molecule has 0 spiro atoms. The quantitative estimate of drug-likeness (QED) is 0.361. The first-order valence-electron chi connectivity index (χ1n) is 11.7. The van der Waals surface area contributed by atoms with Crippen LogP contribution < -0.4 is 20.9 Å². The van der Waals surface area contributed by atoms with Gasteiger partial charge in [0, 0.05) is 48.0 Å². The second-order valence-electron chi connectivity index (χ2n) is 8.30. The molecule has 1 heterocycles. The first-order valence-corrected chi connectivity index (χ1v) is 11.7. The van der Waals surface area contributed by atoms with Gasteiger partial charge in [-0.2, -0.15) is 0 Å². The molecule has 0 aliphatic carbocycles. The molecule has 8 heteroatoms.